The zero-order chi connectivity index (χ0) is 16.1. The van der Waals surface area contributed by atoms with Crippen molar-refractivity contribution in [1.82, 2.24) is 9.80 Å². The van der Waals surface area contributed by atoms with E-state index in [4.69, 9.17) is 4.74 Å². The maximum absolute atomic E-state index is 12.9. The van der Waals surface area contributed by atoms with Crippen LogP contribution in [-0.2, 0) is 4.74 Å². The third-order valence-electron chi connectivity index (χ3n) is 4.91. The lowest BCUT2D eigenvalue weighted by atomic mass is 9.82. The van der Waals surface area contributed by atoms with Crippen molar-refractivity contribution in [2.45, 2.75) is 45.2 Å². The molecule has 0 aliphatic carbocycles. The number of allylic oxidation sites excluding steroid dienone is 1. The number of aliphatic imine (C=N–C) groups is 1. The Morgan fingerprint density at radius 3 is 2.59 bits per heavy atom. The Morgan fingerprint density at radius 2 is 2.05 bits per heavy atom. The van der Waals surface area contributed by atoms with Crippen LogP contribution in [0.25, 0.3) is 0 Å². The molecule has 5 heteroatoms. The van der Waals surface area contributed by atoms with Gasteiger partial charge in [-0.05, 0) is 32.3 Å². The fraction of sp³-hybridized carbons (Fsp3) is 0.765. The first-order valence-electron chi connectivity index (χ1n) is 8.36. The average Bonchev–Trinajstić information content (AvgIpc) is 2.55. The number of morpholine rings is 1. The van der Waals surface area contributed by atoms with E-state index in [2.05, 4.69) is 30.3 Å². The summed E-state index contributed by atoms with van der Waals surface area (Å²) in [6, 6.07) is 0.686. The van der Waals surface area contributed by atoms with Crippen LogP contribution in [0.5, 0.6) is 0 Å². The lowest BCUT2D eigenvalue weighted by Gasteiger charge is -2.46. The molecule has 5 nitrogen and oxygen atoms in total. The van der Waals surface area contributed by atoms with Gasteiger partial charge in [0.15, 0.2) is 0 Å². The molecule has 0 aromatic rings. The van der Waals surface area contributed by atoms with E-state index in [1.165, 1.54) is 0 Å². The van der Waals surface area contributed by atoms with Crippen molar-refractivity contribution >= 4 is 11.7 Å². The summed E-state index contributed by atoms with van der Waals surface area (Å²) in [4.78, 5) is 21.3. The van der Waals surface area contributed by atoms with Crippen LogP contribution in [0, 0.1) is 5.92 Å². The highest BCUT2D eigenvalue weighted by atomic mass is 16.5. The second kappa shape index (κ2) is 7.77. The van der Waals surface area contributed by atoms with Crippen LogP contribution < -0.4 is 0 Å². The number of hydrogen-bond donors (Lipinski definition) is 0. The Morgan fingerprint density at radius 1 is 1.36 bits per heavy atom. The van der Waals surface area contributed by atoms with Crippen LogP contribution in [-0.4, -0.2) is 67.0 Å². The van der Waals surface area contributed by atoms with Gasteiger partial charge in [-0.1, -0.05) is 13.5 Å². The minimum Gasteiger partial charge on any atom is -0.378 e. The number of carbonyl (C=O) groups is 1. The molecule has 0 saturated carbocycles. The van der Waals surface area contributed by atoms with Gasteiger partial charge in [0, 0.05) is 43.9 Å². The predicted octanol–water partition coefficient (Wildman–Crippen LogP) is 2.57. The molecule has 124 valence electrons. The molecule has 2 rings (SSSR count). The maximum Gasteiger partial charge on any atom is 0.320 e. The molecule has 2 amide bonds. The van der Waals surface area contributed by atoms with Gasteiger partial charge in [-0.15, -0.1) is 0 Å². The highest BCUT2D eigenvalue weighted by Crippen LogP contribution is 2.31. The summed E-state index contributed by atoms with van der Waals surface area (Å²) in [7, 11) is 1.83. The van der Waals surface area contributed by atoms with Crippen LogP contribution in [0.3, 0.4) is 0 Å². The quantitative estimate of drug-likeness (QED) is 0.752. The van der Waals surface area contributed by atoms with E-state index >= 15 is 0 Å². The number of carbonyl (C=O) groups excluding carboxylic acids is 1. The predicted molar refractivity (Wildman–Crippen MR) is 89.4 cm³/mol. The molecule has 22 heavy (non-hydrogen) atoms. The fourth-order valence-electron chi connectivity index (χ4n) is 3.73. The van der Waals surface area contributed by atoms with Crippen LogP contribution in [0.1, 0.15) is 33.1 Å². The van der Waals surface area contributed by atoms with E-state index in [9.17, 15) is 4.79 Å². The monoisotopic (exact) mass is 307 g/mol. The van der Waals surface area contributed by atoms with E-state index in [-0.39, 0.29) is 18.1 Å². The normalized spacial score (nSPS) is 30.3. The van der Waals surface area contributed by atoms with E-state index in [1.54, 1.807) is 0 Å². The number of ether oxygens (including phenoxy) is 1. The molecule has 3 unspecified atom stereocenters. The molecule has 0 N–H and O–H groups in total. The van der Waals surface area contributed by atoms with Gasteiger partial charge in [-0.2, -0.15) is 0 Å². The van der Waals surface area contributed by atoms with Gasteiger partial charge in [-0.25, -0.2) is 4.79 Å². The Balaban J connectivity index is 2.11. The fourth-order valence-corrected chi connectivity index (χ4v) is 3.73. The largest absolute Gasteiger partial charge is 0.378 e. The molecule has 2 aliphatic heterocycles. The van der Waals surface area contributed by atoms with Gasteiger partial charge in [0.2, 0.25) is 0 Å². The number of urea groups is 1. The van der Waals surface area contributed by atoms with Crippen LogP contribution >= 0.6 is 0 Å². The molecule has 3 atom stereocenters. The summed E-state index contributed by atoms with van der Waals surface area (Å²) in [5.41, 5.74) is 1.07. The molecular weight excluding hydrogens is 278 g/mol. The summed E-state index contributed by atoms with van der Waals surface area (Å²) in [5.74, 6) is 0.413. The summed E-state index contributed by atoms with van der Waals surface area (Å²) >= 11 is 0. The summed E-state index contributed by atoms with van der Waals surface area (Å²) < 4.78 is 5.36. The van der Waals surface area contributed by atoms with Gasteiger partial charge in [-0.3, -0.25) is 4.99 Å². The maximum atomic E-state index is 12.9. The number of likely N-dealkylation sites (tertiary alicyclic amines) is 1. The first-order chi connectivity index (χ1) is 10.6. The van der Waals surface area contributed by atoms with Gasteiger partial charge in [0.1, 0.15) is 0 Å². The highest BCUT2D eigenvalue weighted by molar-refractivity contribution is 5.96. The van der Waals surface area contributed by atoms with Gasteiger partial charge in [0.25, 0.3) is 0 Å². The van der Waals surface area contributed by atoms with Gasteiger partial charge < -0.3 is 14.5 Å². The third-order valence-corrected chi connectivity index (χ3v) is 4.91. The number of rotatable bonds is 3. The van der Waals surface area contributed by atoms with E-state index < -0.39 is 0 Å². The molecule has 0 aromatic heterocycles. The zero-order valence-corrected chi connectivity index (χ0v) is 14.1. The Kier molecular flexibility index (Phi) is 6.00. The summed E-state index contributed by atoms with van der Waals surface area (Å²) in [5, 5.41) is 0. The topological polar surface area (TPSA) is 45.1 Å². The second-order valence-corrected chi connectivity index (χ2v) is 6.22. The van der Waals surface area contributed by atoms with Crippen molar-refractivity contribution in [3.8, 4) is 0 Å². The lowest BCUT2D eigenvalue weighted by Crippen LogP contribution is -2.57. The molecule has 0 spiro atoms. The van der Waals surface area contributed by atoms with E-state index in [0.29, 0.717) is 32.2 Å². The molecule has 2 heterocycles. The van der Waals surface area contributed by atoms with E-state index in [1.807, 2.05) is 18.0 Å². The third kappa shape index (κ3) is 3.51. The number of nitrogens with zero attached hydrogens (tertiary/aromatic N) is 3. The minimum atomic E-state index is 0.176. The van der Waals surface area contributed by atoms with Crippen LogP contribution in [0.4, 0.5) is 4.79 Å². The highest BCUT2D eigenvalue weighted by Gasteiger charge is 2.38. The second-order valence-electron chi connectivity index (χ2n) is 6.22. The first-order valence-corrected chi connectivity index (χ1v) is 8.36. The molecule has 2 aliphatic rings. The molecule has 2 fully saturated rings. The lowest BCUT2D eigenvalue weighted by molar-refractivity contribution is 0.0242. The standard InChI is InChI=1S/C17H29N3O2/c1-5-15-12-14(16(6-2)18-4)11-13(3)20(15)17(21)19-7-9-22-10-8-19/h6,13-15H,2,5,7-12H2,1,3-4H3. The summed E-state index contributed by atoms with van der Waals surface area (Å²) in [6.07, 6.45) is 4.79. The Bertz CT molecular complexity index is 430. The number of amides is 2. The minimum absolute atomic E-state index is 0.176. The van der Waals surface area contributed by atoms with Gasteiger partial charge >= 0.3 is 6.03 Å². The molecule has 0 bridgehead atoms. The number of piperidine rings is 1. The van der Waals surface area contributed by atoms with Gasteiger partial charge in [0.05, 0.1) is 13.2 Å². The molecule has 0 aromatic carbocycles. The number of hydrogen-bond acceptors (Lipinski definition) is 3. The SMILES string of the molecule is C=CC(=NC)C1CC(C)N(C(=O)N2CCOCC2)C(CC)C1. The molecule has 2 saturated heterocycles. The van der Waals surface area contributed by atoms with Crippen molar-refractivity contribution in [3.05, 3.63) is 12.7 Å². The van der Waals surface area contributed by atoms with Crippen molar-refractivity contribution in [3.63, 3.8) is 0 Å². The first kappa shape index (κ1) is 17.0. The van der Waals surface area contributed by atoms with Crippen LogP contribution in [0.15, 0.2) is 17.6 Å². The van der Waals surface area contributed by atoms with E-state index in [0.717, 1.165) is 25.0 Å². The van der Waals surface area contributed by atoms with Crippen molar-refractivity contribution < 1.29 is 9.53 Å². The molecular formula is C17H29N3O2. The van der Waals surface area contributed by atoms with Crippen molar-refractivity contribution in [2.24, 2.45) is 10.9 Å². The van der Waals surface area contributed by atoms with Crippen molar-refractivity contribution in [1.29, 1.82) is 0 Å². The van der Waals surface area contributed by atoms with Crippen molar-refractivity contribution in [2.75, 3.05) is 33.4 Å². The average molecular weight is 307 g/mol. The zero-order valence-electron chi connectivity index (χ0n) is 14.1. The summed E-state index contributed by atoms with van der Waals surface area (Å²) in [6.45, 7) is 10.9. The van der Waals surface area contributed by atoms with Crippen LogP contribution in [0.2, 0.25) is 0 Å². The Hall–Kier alpha value is -1.36. The smallest absolute Gasteiger partial charge is 0.320 e. The molecule has 0 radical (unpaired) electrons. The Labute approximate surface area is 134 Å².